The molecule has 0 saturated carbocycles. The van der Waals surface area contributed by atoms with Crippen molar-refractivity contribution < 1.29 is 14.3 Å². The first-order valence-electron chi connectivity index (χ1n) is 6.36. The number of ether oxygens (including phenoxy) is 1. The minimum atomic E-state index is -0.112. The van der Waals surface area contributed by atoms with Crippen molar-refractivity contribution in [3.63, 3.8) is 0 Å². The summed E-state index contributed by atoms with van der Waals surface area (Å²) in [6.45, 7) is 2.36. The highest BCUT2D eigenvalue weighted by molar-refractivity contribution is 5.78. The molecule has 0 radical (unpaired) electrons. The molecule has 0 amide bonds. The molecule has 1 atom stereocenters. The number of hydrogen-bond donors (Lipinski definition) is 0. The van der Waals surface area contributed by atoms with E-state index in [1.807, 2.05) is 6.92 Å². The van der Waals surface area contributed by atoms with E-state index >= 15 is 0 Å². The van der Waals surface area contributed by atoms with Gasteiger partial charge in [-0.15, -0.1) is 0 Å². The van der Waals surface area contributed by atoms with Gasteiger partial charge in [0.25, 0.3) is 0 Å². The van der Waals surface area contributed by atoms with Crippen LogP contribution in [0.2, 0.25) is 0 Å². The summed E-state index contributed by atoms with van der Waals surface area (Å²) in [5, 5.41) is 0. The summed E-state index contributed by atoms with van der Waals surface area (Å²) in [4.78, 5) is 22.8. The van der Waals surface area contributed by atoms with Crippen LogP contribution in [0.3, 0.4) is 0 Å². The molecule has 1 aliphatic heterocycles. The number of carbonyl (C=O) groups excluding carboxylic acids is 2. The van der Waals surface area contributed by atoms with E-state index in [0.29, 0.717) is 31.7 Å². The molecule has 3 nitrogen and oxygen atoms in total. The molecule has 0 aromatic heterocycles. The zero-order valence-corrected chi connectivity index (χ0v) is 10.2. The Balaban J connectivity index is 2.38. The van der Waals surface area contributed by atoms with Gasteiger partial charge in [-0.3, -0.25) is 9.59 Å². The number of carbonyl (C=O) groups is 2. The maximum atomic E-state index is 11.5. The molecule has 0 N–H and O–H groups in total. The third-order valence-electron chi connectivity index (χ3n) is 2.94. The van der Waals surface area contributed by atoms with Gasteiger partial charge in [-0.1, -0.05) is 26.2 Å². The van der Waals surface area contributed by atoms with Crippen molar-refractivity contribution >= 4 is 11.8 Å². The van der Waals surface area contributed by atoms with Gasteiger partial charge < -0.3 is 4.74 Å². The van der Waals surface area contributed by atoms with Crippen molar-refractivity contribution in [2.45, 2.75) is 58.3 Å². The monoisotopic (exact) mass is 226 g/mol. The summed E-state index contributed by atoms with van der Waals surface area (Å²) >= 11 is 0. The number of cyclic esters (lactones) is 1. The zero-order chi connectivity index (χ0) is 11.8. The van der Waals surface area contributed by atoms with Crippen LogP contribution in [0.4, 0.5) is 0 Å². The molecule has 92 valence electrons. The third-order valence-corrected chi connectivity index (χ3v) is 2.94. The van der Waals surface area contributed by atoms with Crippen molar-refractivity contribution in [1.82, 2.24) is 0 Å². The molecule has 0 spiro atoms. The number of esters is 1. The number of Topliss-reactive ketones (excluding diaryl/α,β-unsaturated/α-hetero) is 1. The Morgan fingerprint density at radius 2 is 1.62 bits per heavy atom. The van der Waals surface area contributed by atoms with Crippen molar-refractivity contribution in [2.75, 3.05) is 6.61 Å². The number of hydrogen-bond acceptors (Lipinski definition) is 3. The van der Waals surface area contributed by atoms with Crippen LogP contribution < -0.4 is 0 Å². The molecule has 1 aliphatic rings. The summed E-state index contributed by atoms with van der Waals surface area (Å²) < 4.78 is 5.13. The minimum absolute atomic E-state index is 0.112. The summed E-state index contributed by atoms with van der Waals surface area (Å²) in [6, 6.07) is 0. The largest absolute Gasteiger partial charge is 0.465 e. The Morgan fingerprint density at radius 3 is 2.38 bits per heavy atom. The molecule has 0 unspecified atom stereocenters. The van der Waals surface area contributed by atoms with Crippen LogP contribution in [0.5, 0.6) is 0 Å². The average Bonchev–Trinajstić information content (AvgIpc) is 2.25. The van der Waals surface area contributed by atoms with Crippen LogP contribution in [-0.2, 0) is 14.3 Å². The first-order valence-corrected chi connectivity index (χ1v) is 6.36. The molecule has 3 heteroatoms. The molecular weight excluding hydrogens is 204 g/mol. The second-order valence-corrected chi connectivity index (χ2v) is 4.80. The number of ketones is 1. The first-order chi connectivity index (χ1) is 7.68. The highest BCUT2D eigenvalue weighted by atomic mass is 16.5. The summed E-state index contributed by atoms with van der Waals surface area (Å²) in [6.07, 6.45) is 6.98. The van der Waals surface area contributed by atoms with Crippen LogP contribution >= 0.6 is 0 Å². The lowest BCUT2D eigenvalue weighted by Gasteiger charge is -2.10. The van der Waals surface area contributed by atoms with Crippen molar-refractivity contribution in [3.8, 4) is 0 Å². The fourth-order valence-electron chi connectivity index (χ4n) is 1.98. The van der Waals surface area contributed by atoms with Crippen molar-refractivity contribution in [2.24, 2.45) is 5.92 Å². The van der Waals surface area contributed by atoms with Gasteiger partial charge in [-0.05, 0) is 18.8 Å². The van der Waals surface area contributed by atoms with Gasteiger partial charge in [0, 0.05) is 19.3 Å². The number of rotatable bonds is 0. The van der Waals surface area contributed by atoms with Crippen LogP contribution in [0, 0.1) is 5.92 Å². The Hall–Kier alpha value is -0.860. The topological polar surface area (TPSA) is 43.4 Å². The van der Waals surface area contributed by atoms with Gasteiger partial charge in [0.15, 0.2) is 0 Å². The van der Waals surface area contributed by atoms with E-state index in [-0.39, 0.29) is 11.9 Å². The Labute approximate surface area is 97.5 Å². The van der Waals surface area contributed by atoms with E-state index in [4.69, 9.17) is 4.74 Å². The van der Waals surface area contributed by atoms with Gasteiger partial charge in [0.2, 0.25) is 0 Å². The lowest BCUT2D eigenvalue weighted by molar-refractivity contribution is -0.145. The maximum Gasteiger partial charge on any atom is 0.305 e. The first kappa shape index (κ1) is 13.2. The van der Waals surface area contributed by atoms with E-state index in [0.717, 1.165) is 32.1 Å². The molecule has 1 heterocycles. The van der Waals surface area contributed by atoms with Gasteiger partial charge in [-0.25, -0.2) is 0 Å². The molecular formula is C13H22O3. The highest BCUT2D eigenvalue weighted by Gasteiger charge is 2.12. The minimum Gasteiger partial charge on any atom is -0.465 e. The SMILES string of the molecule is C[C@H]1COC(=O)CCCCCCCC(=O)C1. The molecule has 1 saturated heterocycles. The molecule has 16 heavy (non-hydrogen) atoms. The van der Waals surface area contributed by atoms with E-state index in [1.54, 1.807) is 0 Å². The molecule has 1 rings (SSSR count). The van der Waals surface area contributed by atoms with Crippen molar-refractivity contribution in [3.05, 3.63) is 0 Å². The zero-order valence-electron chi connectivity index (χ0n) is 10.2. The normalized spacial score (nSPS) is 26.2. The van der Waals surface area contributed by atoms with Crippen LogP contribution in [-0.4, -0.2) is 18.4 Å². The van der Waals surface area contributed by atoms with Crippen LogP contribution in [0.25, 0.3) is 0 Å². The molecule has 0 aromatic rings. The summed E-state index contributed by atoms with van der Waals surface area (Å²) in [5.41, 5.74) is 0. The van der Waals surface area contributed by atoms with Gasteiger partial charge in [-0.2, -0.15) is 0 Å². The van der Waals surface area contributed by atoms with Crippen LogP contribution in [0.15, 0.2) is 0 Å². The van der Waals surface area contributed by atoms with E-state index in [9.17, 15) is 9.59 Å². The fourth-order valence-corrected chi connectivity index (χ4v) is 1.98. The average molecular weight is 226 g/mol. The van der Waals surface area contributed by atoms with E-state index < -0.39 is 0 Å². The van der Waals surface area contributed by atoms with Crippen molar-refractivity contribution in [1.29, 1.82) is 0 Å². The Bertz CT molecular complexity index is 235. The molecule has 0 aliphatic carbocycles. The lowest BCUT2D eigenvalue weighted by Crippen LogP contribution is -2.14. The predicted octanol–water partition coefficient (Wildman–Crippen LogP) is 2.87. The van der Waals surface area contributed by atoms with Gasteiger partial charge >= 0.3 is 5.97 Å². The van der Waals surface area contributed by atoms with Gasteiger partial charge in [0.05, 0.1) is 6.61 Å². The van der Waals surface area contributed by atoms with E-state index in [1.165, 1.54) is 0 Å². The fraction of sp³-hybridized carbons (Fsp3) is 0.846. The lowest BCUT2D eigenvalue weighted by atomic mass is 10.0. The smallest absolute Gasteiger partial charge is 0.305 e. The molecule has 0 bridgehead atoms. The highest BCUT2D eigenvalue weighted by Crippen LogP contribution is 2.13. The standard InChI is InChI=1S/C13H22O3/c1-11-9-12(14)7-5-3-2-4-6-8-13(15)16-10-11/h11H,2-10H2,1H3/t11-/m1/s1. The van der Waals surface area contributed by atoms with Crippen LogP contribution in [0.1, 0.15) is 58.3 Å². The molecule has 0 aromatic carbocycles. The third kappa shape index (κ3) is 5.89. The Morgan fingerprint density at radius 1 is 1.00 bits per heavy atom. The Kier molecular flexibility index (Phi) is 6.12. The predicted molar refractivity (Wildman–Crippen MR) is 62.1 cm³/mol. The van der Waals surface area contributed by atoms with E-state index in [2.05, 4.69) is 0 Å². The summed E-state index contributed by atoms with van der Waals surface area (Å²) in [7, 11) is 0. The second kappa shape index (κ2) is 7.42. The van der Waals surface area contributed by atoms with Gasteiger partial charge in [0.1, 0.15) is 5.78 Å². The maximum absolute atomic E-state index is 11.5. The second-order valence-electron chi connectivity index (χ2n) is 4.80. The molecule has 1 fully saturated rings. The quantitative estimate of drug-likeness (QED) is 0.596. The summed E-state index contributed by atoms with van der Waals surface area (Å²) in [5.74, 6) is 0.360.